The van der Waals surface area contributed by atoms with Crippen LogP contribution >= 0.6 is 0 Å². The fourth-order valence-electron chi connectivity index (χ4n) is 1.91. The van der Waals surface area contributed by atoms with Crippen molar-refractivity contribution in [2.24, 2.45) is 5.92 Å². The Labute approximate surface area is 90.1 Å². The van der Waals surface area contributed by atoms with E-state index in [2.05, 4.69) is 23.3 Å². The van der Waals surface area contributed by atoms with Crippen LogP contribution in [0.15, 0.2) is 18.3 Å². The monoisotopic (exact) mass is 201 g/mol. The maximum atomic E-state index is 8.89. The van der Waals surface area contributed by atoms with E-state index in [1.165, 1.54) is 19.3 Å². The number of nitrogens with one attached hydrogen (secondary N) is 1. The van der Waals surface area contributed by atoms with Gasteiger partial charge < -0.3 is 5.32 Å². The quantitative estimate of drug-likeness (QED) is 0.817. The van der Waals surface area contributed by atoms with Gasteiger partial charge in [-0.3, -0.25) is 0 Å². The Kier molecular flexibility index (Phi) is 2.86. The van der Waals surface area contributed by atoms with E-state index in [0.717, 1.165) is 11.6 Å². The van der Waals surface area contributed by atoms with Gasteiger partial charge in [-0.15, -0.1) is 0 Å². The molecule has 0 spiro atoms. The molecule has 1 aliphatic carbocycles. The first-order chi connectivity index (χ1) is 7.31. The van der Waals surface area contributed by atoms with Crippen LogP contribution in [0.1, 0.15) is 31.9 Å². The summed E-state index contributed by atoms with van der Waals surface area (Å²) >= 11 is 0. The van der Waals surface area contributed by atoms with Gasteiger partial charge in [0.2, 0.25) is 0 Å². The second-order valence-corrected chi connectivity index (χ2v) is 4.14. The molecule has 0 saturated heterocycles. The smallest absolute Gasteiger partial charge is 0.163 e. The normalized spacial score (nSPS) is 17.6. The number of hydrogen-bond donors (Lipinski definition) is 1. The van der Waals surface area contributed by atoms with Crippen molar-refractivity contribution in [3.05, 3.63) is 24.0 Å². The van der Waals surface area contributed by atoms with Crippen molar-refractivity contribution < 1.29 is 0 Å². The van der Waals surface area contributed by atoms with Crippen molar-refractivity contribution in [1.29, 1.82) is 5.26 Å². The highest BCUT2D eigenvalue weighted by atomic mass is 14.9. The van der Waals surface area contributed by atoms with E-state index in [1.54, 1.807) is 6.20 Å². The largest absolute Gasteiger partial charge is 0.380 e. The first-order valence-electron chi connectivity index (χ1n) is 5.43. The summed E-state index contributed by atoms with van der Waals surface area (Å²) in [5.41, 5.74) is 1.35. The molecule has 1 aliphatic rings. The molecule has 0 aromatic carbocycles. The van der Waals surface area contributed by atoms with Gasteiger partial charge in [0.25, 0.3) is 0 Å². The molecule has 0 aliphatic heterocycles. The molecular formula is C12H15N3. The number of nitriles is 1. The molecule has 1 fully saturated rings. The fraction of sp³-hybridized carbons (Fsp3) is 0.500. The van der Waals surface area contributed by atoms with Gasteiger partial charge in [0.1, 0.15) is 6.07 Å². The highest BCUT2D eigenvalue weighted by Gasteiger charge is 2.24. The zero-order valence-electron chi connectivity index (χ0n) is 8.90. The number of nitrogens with zero attached hydrogens (tertiary/aromatic N) is 2. The number of anilines is 1. The van der Waals surface area contributed by atoms with Crippen LogP contribution in [0, 0.1) is 17.2 Å². The first-order valence-corrected chi connectivity index (χ1v) is 5.43. The third-order valence-electron chi connectivity index (χ3n) is 3.15. The standard InChI is InChI=1S/C12H15N3/c1-9(10-4-2-5-10)15-11-6-3-7-14-12(11)8-13/h3,6-7,9-10,15H,2,4-5H2,1H3. The Morgan fingerprint density at radius 1 is 1.60 bits per heavy atom. The predicted octanol–water partition coefficient (Wildman–Crippen LogP) is 2.55. The Morgan fingerprint density at radius 2 is 2.40 bits per heavy atom. The summed E-state index contributed by atoms with van der Waals surface area (Å²) in [5.74, 6) is 0.761. The maximum Gasteiger partial charge on any atom is 0.163 e. The molecule has 0 bridgehead atoms. The summed E-state index contributed by atoms with van der Waals surface area (Å²) in [6.07, 6.45) is 5.60. The van der Waals surface area contributed by atoms with Gasteiger partial charge in [0.15, 0.2) is 5.69 Å². The molecule has 1 heterocycles. The molecule has 1 saturated carbocycles. The van der Waals surface area contributed by atoms with E-state index in [-0.39, 0.29) is 0 Å². The van der Waals surface area contributed by atoms with Gasteiger partial charge in [-0.25, -0.2) is 4.98 Å². The van der Waals surface area contributed by atoms with Crippen molar-refractivity contribution in [2.75, 3.05) is 5.32 Å². The second kappa shape index (κ2) is 4.31. The highest BCUT2D eigenvalue weighted by Crippen LogP contribution is 2.31. The van der Waals surface area contributed by atoms with Crippen molar-refractivity contribution in [3.8, 4) is 6.07 Å². The van der Waals surface area contributed by atoms with E-state index in [9.17, 15) is 0 Å². The van der Waals surface area contributed by atoms with E-state index in [0.29, 0.717) is 11.7 Å². The molecule has 1 atom stereocenters. The topological polar surface area (TPSA) is 48.7 Å². The maximum absolute atomic E-state index is 8.89. The Hall–Kier alpha value is -1.56. The van der Waals surface area contributed by atoms with Gasteiger partial charge >= 0.3 is 0 Å². The molecule has 1 unspecified atom stereocenters. The lowest BCUT2D eigenvalue weighted by Gasteiger charge is -2.32. The average Bonchev–Trinajstić information content (AvgIpc) is 2.15. The van der Waals surface area contributed by atoms with Gasteiger partial charge in [0, 0.05) is 12.2 Å². The predicted molar refractivity (Wildman–Crippen MR) is 59.4 cm³/mol. The van der Waals surface area contributed by atoms with E-state index in [1.807, 2.05) is 12.1 Å². The zero-order chi connectivity index (χ0) is 10.7. The van der Waals surface area contributed by atoms with Gasteiger partial charge in [-0.05, 0) is 37.8 Å². The molecular weight excluding hydrogens is 186 g/mol. The van der Waals surface area contributed by atoms with Crippen LogP contribution in [0.25, 0.3) is 0 Å². The lowest BCUT2D eigenvalue weighted by atomic mass is 9.80. The Morgan fingerprint density at radius 3 is 3.00 bits per heavy atom. The lowest BCUT2D eigenvalue weighted by molar-refractivity contribution is 0.285. The van der Waals surface area contributed by atoms with Gasteiger partial charge in [-0.1, -0.05) is 6.42 Å². The number of aromatic nitrogens is 1. The molecule has 0 radical (unpaired) electrons. The van der Waals surface area contributed by atoms with Crippen molar-refractivity contribution in [1.82, 2.24) is 4.98 Å². The van der Waals surface area contributed by atoms with Crippen LogP contribution in [-0.2, 0) is 0 Å². The molecule has 1 N–H and O–H groups in total. The summed E-state index contributed by atoms with van der Waals surface area (Å²) < 4.78 is 0. The Balaban J connectivity index is 2.06. The highest BCUT2D eigenvalue weighted by molar-refractivity contribution is 5.53. The lowest BCUT2D eigenvalue weighted by Crippen LogP contribution is -2.31. The summed E-state index contributed by atoms with van der Waals surface area (Å²) in [5, 5.41) is 12.3. The minimum absolute atomic E-state index is 0.440. The van der Waals surface area contributed by atoms with Crippen molar-refractivity contribution >= 4 is 5.69 Å². The fourth-order valence-corrected chi connectivity index (χ4v) is 1.91. The van der Waals surface area contributed by atoms with Crippen molar-refractivity contribution in [2.45, 2.75) is 32.2 Å². The second-order valence-electron chi connectivity index (χ2n) is 4.14. The van der Waals surface area contributed by atoms with Crippen LogP contribution in [0.2, 0.25) is 0 Å². The van der Waals surface area contributed by atoms with Crippen LogP contribution < -0.4 is 5.32 Å². The molecule has 2 rings (SSSR count). The minimum Gasteiger partial charge on any atom is -0.380 e. The van der Waals surface area contributed by atoms with Crippen LogP contribution in [0.3, 0.4) is 0 Å². The van der Waals surface area contributed by atoms with Crippen LogP contribution in [-0.4, -0.2) is 11.0 Å². The third kappa shape index (κ3) is 2.10. The van der Waals surface area contributed by atoms with E-state index < -0.39 is 0 Å². The van der Waals surface area contributed by atoms with Crippen LogP contribution in [0.5, 0.6) is 0 Å². The van der Waals surface area contributed by atoms with Crippen LogP contribution in [0.4, 0.5) is 5.69 Å². The molecule has 3 nitrogen and oxygen atoms in total. The molecule has 0 amide bonds. The molecule has 15 heavy (non-hydrogen) atoms. The summed E-state index contributed by atoms with van der Waals surface area (Å²) in [4.78, 5) is 4.03. The van der Waals surface area contributed by atoms with E-state index in [4.69, 9.17) is 5.26 Å². The first kappa shape index (κ1) is 9.97. The summed E-state index contributed by atoms with van der Waals surface area (Å²) in [6, 6.07) is 6.32. The molecule has 3 heteroatoms. The number of pyridine rings is 1. The summed E-state index contributed by atoms with van der Waals surface area (Å²) in [7, 11) is 0. The van der Waals surface area contributed by atoms with E-state index >= 15 is 0 Å². The summed E-state index contributed by atoms with van der Waals surface area (Å²) in [6.45, 7) is 2.18. The number of rotatable bonds is 3. The zero-order valence-corrected chi connectivity index (χ0v) is 8.90. The molecule has 1 aromatic rings. The SMILES string of the molecule is CC(Nc1cccnc1C#N)C1CCC1. The number of hydrogen-bond acceptors (Lipinski definition) is 3. The molecule has 78 valence electrons. The average molecular weight is 201 g/mol. The van der Waals surface area contributed by atoms with Crippen molar-refractivity contribution in [3.63, 3.8) is 0 Å². The van der Waals surface area contributed by atoms with Gasteiger partial charge in [0.05, 0.1) is 5.69 Å². The van der Waals surface area contributed by atoms with Gasteiger partial charge in [-0.2, -0.15) is 5.26 Å². The molecule has 1 aromatic heterocycles. The Bertz CT molecular complexity index is 377. The third-order valence-corrected chi connectivity index (χ3v) is 3.15. The minimum atomic E-state index is 0.440.